The molecule has 1 atom stereocenters. The van der Waals surface area contributed by atoms with Crippen LogP contribution < -0.4 is 21.5 Å². The number of anilines is 2. The molecular formula is C21H22N6O6. The fraction of sp³-hybridized carbons (Fsp3) is 0.238. The van der Waals surface area contributed by atoms with Gasteiger partial charge in [0, 0.05) is 37.5 Å². The molecule has 2 heterocycles. The average Bonchev–Trinajstić information content (AvgIpc) is 2.76. The van der Waals surface area contributed by atoms with Crippen molar-refractivity contribution in [1.82, 2.24) is 20.3 Å². The summed E-state index contributed by atoms with van der Waals surface area (Å²) in [6.45, 7) is 0.411. The summed E-state index contributed by atoms with van der Waals surface area (Å²) >= 11 is 0. The quantitative estimate of drug-likeness (QED) is 0.305. The van der Waals surface area contributed by atoms with Crippen molar-refractivity contribution >= 4 is 40.5 Å². The Morgan fingerprint density at radius 2 is 1.91 bits per heavy atom. The van der Waals surface area contributed by atoms with Crippen LogP contribution in [0.4, 0.5) is 11.6 Å². The van der Waals surface area contributed by atoms with Crippen LogP contribution in [0.1, 0.15) is 28.8 Å². The maximum atomic E-state index is 12.4. The Balaban J connectivity index is 1.68. The molecule has 0 spiro atoms. The van der Waals surface area contributed by atoms with Gasteiger partial charge in [-0.05, 0) is 42.3 Å². The van der Waals surface area contributed by atoms with E-state index in [9.17, 15) is 24.3 Å². The number of nitrogens with one attached hydrogen (secondary N) is 2. The van der Waals surface area contributed by atoms with E-state index in [0.29, 0.717) is 11.9 Å². The Bertz CT molecular complexity index is 1260. The van der Waals surface area contributed by atoms with E-state index in [1.807, 2.05) is 11.9 Å². The minimum Gasteiger partial charge on any atom is -0.481 e. The van der Waals surface area contributed by atoms with Gasteiger partial charge in [-0.25, -0.2) is 9.78 Å². The Morgan fingerprint density at radius 3 is 2.55 bits per heavy atom. The highest BCUT2D eigenvalue weighted by atomic mass is 16.4. The lowest BCUT2D eigenvalue weighted by atomic mass is 10.1. The maximum Gasteiger partial charge on any atom is 0.326 e. The lowest BCUT2D eigenvalue weighted by Gasteiger charge is -2.20. The Labute approximate surface area is 187 Å². The second-order valence-electron chi connectivity index (χ2n) is 7.37. The lowest BCUT2D eigenvalue weighted by Crippen LogP contribution is -2.41. The largest absolute Gasteiger partial charge is 0.481 e. The van der Waals surface area contributed by atoms with Gasteiger partial charge in [-0.3, -0.25) is 19.4 Å². The number of aliphatic carboxylic acids is 2. The van der Waals surface area contributed by atoms with Gasteiger partial charge in [-0.15, -0.1) is 0 Å². The number of pyridine rings is 1. The molecule has 0 radical (unpaired) electrons. The number of nitrogen functional groups attached to an aromatic ring is 1. The minimum absolute atomic E-state index is 0.00874. The van der Waals surface area contributed by atoms with Crippen molar-refractivity contribution < 1.29 is 24.6 Å². The summed E-state index contributed by atoms with van der Waals surface area (Å²) in [4.78, 5) is 58.8. The van der Waals surface area contributed by atoms with E-state index >= 15 is 0 Å². The summed E-state index contributed by atoms with van der Waals surface area (Å²) in [6, 6.07) is 6.82. The predicted molar refractivity (Wildman–Crippen MR) is 119 cm³/mol. The van der Waals surface area contributed by atoms with Crippen LogP contribution in [0.15, 0.2) is 41.3 Å². The second kappa shape index (κ2) is 9.77. The molecule has 1 unspecified atom stereocenters. The number of aromatic amines is 1. The van der Waals surface area contributed by atoms with Crippen LogP contribution >= 0.6 is 0 Å². The summed E-state index contributed by atoms with van der Waals surface area (Å²) in [5, 5.41) is 20.6. The van der Waals surface area contributed by atoms with Crippen LogP contribution in [0.3, 0.4) is 0 Å². The molecule has 1 aromatic carbocycles. The standard InChI is InChI=1S/C21H22N6O6/c1-27(10-11-8-14-17(23-9-11)25-21(22)26-19(14)31)13-4-2-12(3-5-13)18(30)24-15(20(32)33)6-7-16(28)29/h2-5,8-9,15H,6-7,10H2,1H3,(H,24,30)(H,28,29)(H,32,33)(H3,22,23,25,26,31). The predicted octanol–water partition coefficient (Wildman–Crippen LogP) is 0.585. The average molecular weight is 454 g/mol. The lowest BCUT2D eigenvalue weighted by molar-refractivity contribution is -0.140. The van der Waals surface area contributed by atoms with Crippen molar-refractivity contribution in [2.75, 3.05) is 17.7 Å². The molecule has 2 aromatic heterocycles. The number of nitrogens with two attached hydrogens (primary N) is 1. The van der Waals surface area contributed by atoms with Gasteiger partial charge in [0.05, 0.1) is 5.39 Å². The van der Waals surface area contributed by atoms with Gasteiger partial charge in [-0.2, -0.15) is 4.98 Å². The number of nitrogens with zero attached hydrogens (tertiary/aromatic N) is 3. The summed E-state index contributed by atoms with van der Waals surface area (Å²) in [5.41, 5.74) is 7.14. The van der Waals surface area contributed by atoms with E-state index in [1.54, 1.807) is 24.4 Å². The third kappa shape index (κ3) is 5.81. The van der Waals surface area contributed by atoms with Gasteiger partial charge < -0.3 is 26.2 Å². The molecule has 6 N–H and O–H groups in total. The van der Waals surface area contributed by atoms with Crippen LogP contribution in [0.25, 0.3) is 11.0 Å². The number of hydrogen-bond donors (Lipinski definition) is 5. The fourth-order valence-corrected chi connectivity index (χ4v) is 3.17. The summed E-state index contributed by atoms with van der Waals surface area (Å²) in [6.07, 6.45) is 0.998. The zero-order valence-corrected chi connectivity index (χ0v) is 17.6. The number of benzene rings is 1. The monoisotopic (exact) mass is 454 g/mol. The van der Waals surface area contributed by atoms with Crippen molar-refractivity contribution in [3.63, 3.8) is 0 Å². The van der Waals surface area contributed by atoms with Gasteiger partial charge in [-0.1, -0.05) is 0 Å². The maximum absolute atomic E-state index is 12.4. The summed E-state index contributed by atoms with van der Waals surface area (Å²) in [5.74, 6) is -3.08. The first-order valence-corrected chi connectivity index (χ1v) is 9.85. The minimum atomic E-state index is -1.30. The molecule has 0 bridgehead atoms. The van der Waals surface area contributed by atoms with Gasteiger partial charge in [0.25, 0.3) is 11.5 Å². The summed E-state index contributed by atoms with van der Waals surface area (Å²) < 4.78 is 0. The van der Waals surface area contributed by atoms with Crippen molar-refractivity contribution in [2.45, 2.75) is 25.4 Å². The van der Waals surface area contributed by atoms with Crippen molar-refractivity contribution in [3.05, 3.63) is 58.0 Å². The number of carboxylic acids is 2. The van der Waals surface area contributed by atoms with Crippen molar-refractivity contribution in [2.24, 2.45) is 0 Å². The third-order valence-electron chi connectivity index (χ3n) is 4.88. The highest BCUT2D eigenvalue weighted by Gasteiger charge is 2.21. The number of aromatic nitrogens is 3. The van der Waals surface area contributed by atoms with Gasteiger partial charge in [0.2, 0.25) is 5.95 Å². The van der Waals surface area contributed by atoms with E-state index in [2.05, 4.69) is 20.3 Å². The molecular weight excluding hydrogens is 432 g/mol. The molecule has 0 fully saturated rings. The smallest absolute Gasteiger partial charge is 0.326 e. The molecule has 0 saturated carbocycles. The Kier molecular flexibility index (Phi) is 6.86. The molecule has 172 valence electrons. The van der Waals surface area contributed by atoms with Crippen molar-refractivity contribution in [1.29, 1.82) is 0 Å². The molecule has 1 amide bonds. The molecule has 33 heavy (non-hydrogen) atoms. The third-order valence-corrected chi connectivity index (χ3v) is 4.88. The van der Waals surface area contributed by atoms with E-state index in [0.717, 1.165) is 11.3 Å². The molecule has 0 aliphatic heterocycles. The van der Waals surface area contributed by atoms with Crippen LogP contribution in [-0.2, 0) is 16.1 Å². The molecule has 0 aliphatic rings. The number of carbonyl (C=O) groups is 3. The molecule has 3 rings (SSSR count). The first-order chi connectivity index (χ1) is 15.6. The van der Waals surface area contributed by atoms with Gasteiger partial charge in [0.15, 0.2) is 5.65 Å². The zero-order valence-electron chi connectivity index (χ0n) is 17.6. The first-order valence-electron chi connectivity index (χ1n) is 9.85. The van der Waals surface area contributed by atoms with E-state index < -0.39 is 23.9 Å². The van der Waals surface area contributed by atoms with Crippen LogP contribution in [0.5, 0.6) is 0 Å². The number of rotatable bonds is 9. The first kappa shape index (κ1) is 23.2. The number of fused-ring (bicyclic) bond motifs is 1. The Hall–Kier alpha value is -4.48. The number of H-pyrrole nitrogens is 1. The van der Waals surface area contributed by atoms with Crippen LogP contribution in [-0.4, -0.2) is 56.1 Å². The van der Waals surface area contributed by atoms with Crippen LogP contribution in [0, 0.1) is 0 Å². The molecule has 12 nitrogen and oxygen atoms in total. The Morgan fingerprint density at radius 1 is 1.21 bits per heavy atom. The van der Waals surface area contributed by atoms with E-state index in [1.165, 1.54) is 12.1 Å². The van der Waals surface area contributed by atoms with Gasteiger partial charge in [0.1, 0.15) is 6.04 Å². The van der Waals surface area contributed by atoms with Crippen LogP contribution in [0.2, 0.25) is 0 Å². The number of carbonyl (C=O) groups excluding carboxylic acids is 1. The number of carboxylic acid groups (broad SMARTS) is 2. The van der Waals surface area contributed by atoms with Gasteiger partial charge >= 0.3 is 11.9 Å². The normalized spacial score (nSPS) is 11.7. The highest BCUT2D eigenvalue weighted by molar-refractivity contribution is 5.97. The molecule has 0 saturated heterocycles. The molecule has 3 aromatic rings. The SMILES string of the molecule is CN(Cc1cnc2nc(N)[nH]c(=O)c2c1)c1ccc(C(=O)NC(CCC(=O)O)C(=O)O)cc1. The van der Waals surface area contributed by atoms with E-state index in [-0.39, 0.29) is 35.6 Å². The molecule has 12 heteroatoms. The highest BCUT2D eigenvalue weighted by Crippen LogP contribution is 2.18. The summed E-state index contributed by atoms with van der Waals surface area (Å²) in [7, 11) is 1.82. The molecule has 0 aliphatic carbocycles. The number of amides is 1. The number of hydrogen-bond acceptors (Lipinski definition) is 8. The second-order valence-corrected chi connectivity index (χ2v) is 7.37. The zero-order chi connectivity index (χ0) is 24.1. The fourth-order valence-electron chi connectivity index (χ4n) is 3.17. The van der Waals surface area contributed by atoms with Crippen molar-refractivity contribution in [3.8, 4) is 0 Å². The topological polar surface area (TPSA) is 192 Å². The van der Waals surface area contributed by atoms with E-state index in [4.69, 9.17) is 10.8 Å².